The molecule has 2 aromatic rings. The van der Waals surface area contributed by atoms with Gasteiger partial charge in [-0.1, -0.05) is 31.2 Å². The summed E-state index contributed by atoms with van der Waals surface area (Å²) >= 11 is 1.78. The lowest BCUT2D eigenvalue weighted by atomic mass is 10.1. The number of aromatic nitrogens is 1. The van der Waals surface area contributed by atoms with Crippen LogP contribution in [0.2, 0.25) is 0 Å². The molecule has 0 atom stereocenters. The first kappa shape index (κ1) is 18.5. The fourth-order valence-corrected chi connectivity index (χ4v) is 3.64. The number of hydrogen-bond donors (Lipinski definition) is 1. The van der Waals surface area contributed by atoms with Crippen molar-refractivity contribution >= 4 is 17.3 Å². The van der Waals surface area contributed by atoms with Crippen molar-refractivity contribution < 1.29 is 0 Å². The van der Waals surface area contributed by atoms with E-state index in [-0.39, 0.29) is 0 Å². The van der Waals surface area contributed by atoms with Crippen LogP contribution in [-0.4, -0.2) is 36.5 Å². The molecule has 1 N–H and O–H groups in total. The lowest BCUT2D eigenvalue weighted by molar-refractivity contribution is 0.477. The molecule has 4 nitrogen and oxygen atoms in total. The van der Waals surface area contributed by atoms with Gasteiger partial charge in [0.15, 0.2) is 5.96 Å². The summed E-state index contributed by atoms with van der Waals surface area (Å²) in [6, 6.07) is 8.81. The van der Waals surface area contributed by atoms with Gasteiger partial charge in [-0.15, -0.1) is 11.3 Å². The van der Waals surface area contributed by atoms with E-state index in [9.17, 15) is 0 Å². The molecule has 0 saturated heterocycles. The van der Waals surface area contributed by atoms with E-state index in [0.717, 1.165) is 42.6 Å². The zero-order valence-electron chi connectivity index (χ0n) is 15.4. The van der Waals surface area contributed by atoms with Gasteiger partial charge >= 0.3 is 0 Å². The van der Waals surface area contributed by atoms with E-state index in [0.29, 0.717) is 0 Å². The molecule has 0 fully saturated rings. The molecular formula is C19H28N4S. The summed E-state index contributed by atoms with van der Waals surface area (Å²) < 4.78 is 0. The van der Waals surface area contributed by atoms with Gasteiger partial charge in [0, 0.05) is 38.5 Å². The molecule has 1 aromatic heterocycles. The van der Waals surface area contributed by atoms with Gasteiger partial charge in [-0.25, -0.2) is 4.98 Å². The Morgan fingerprint density at radius 2 is 1.88 bits per heavy atom. The predicted octanol–water partition coefficient (Wildman–Crippen LogP) is 3.57. The van der Waals surface area contributed by atoms with Crippen molar-refractivity contribution in [3.05, 3.63) is 51.0 Å². The van der Waals surface area contributed by atoms with Crippen LogP contribution in [0.1, 0.15) is 33.6 Å². The van der Waals surface area contributed by atoms with E-state index in [4.69, 9.17) is 0 Å². The molecular weight excluding hydrogens is 316 g/mol. The predicted molar refractivity (Wildman–Crippen MR) is 104 cm³/mol. The third-order valence-electron chi connectivity index (χ3n) is 4.06. The number of aryl methyl sites for hydroxylation is 3. The summed E-state index contributed by atoms with van der Waals surface area (Å²) in [5.74, 6) is 0.924. The normalized spacial score (nSPS) is 11.6. The maximum Gasteiger partial charge on any atom is 0.193 e. The van der Waals surface area contributed by atoms with Crippen LogP contribution >= 0.6 is 11.3 Å². The van der Waals surface area contributed by atoms with Crippen LogP contribution in [0, 0.1) is 13.8 Å². The Labute approximate surface area is 149 Å². The highest BCUT2D eigenvalue weighted by Crippen LogP contribution is 2.17. The van der Waals surface area contributed by atoms with Crippen molar-refractivity contribution in [2.45, 2.75) is 40.2 Å². The fourth-order valence-electron chi connectivity index (χ4n) is 2.71. The second kappa shape index (κ2) is 8.83. The van der Waals surface area contributed by atoms with E-state index in [1.54, 1.807) is 11.3 Å². The van der Waals surface area contributed by atoms with Crippen LogP contribution in [0.5, 0.6) is 0 Å². The Balaban J connectivity index is 1.86. The van der Waals surface area contributed by atoms with Crippen LogP contribution in [0.25, 0.3) is 0 Å². The van der Waals surface area contributed by atoms with Gasteiger partial charge in [0.1, 0.15) is 0 Å². The standard InChI is InChI=1S/C19H28N4S/c1-6-16-7-9-17(10-8-16)13-23(5)19(20-4)21-12-11-18-14(2)22-15(3)24-18/h7-10H,6,11-13H2,1-5H3,(H,20,21). The molecule has 0 radical (unpaired) electrons. The number of rotatable bonds is 6. The number of thiazole rings is 1. The first-order chi connectivity index (χ1) is 11.5. The van der Waals surface area contributed by atoms with Crippen molar-refractivity contribution in [1.82, 2.24) is 15.2 Å². The summed E-state index contributed by atoms with van der Waals surface area (Å²) in [6.07, 6.45) is 2.06. The zero-order chi connectivity index (χ0) is 17.5. The van der Waals surface area contributed by atoms with Crippen molar-refractivity contribution in [3.8, 4) is 0 Å². The number of benzene rings is 1. The van der Waals surface area contributed by atoms with Crippen molar-refractivity contribution in [2.24, 2.45) is 4.99 Å². The molecule has 2 rings (SSSR count). The lowest BCUT2D eigenvalue weighted by Gasteiger charge is -2.22. The molecule has 1 heterocycles. The molecule has 130 valence electrons. The van der Waals surface area contributed by atoms with Crippen LogP contribution in [0.3, 0.4) is 0 Å². The smallest absolute Gasteiger partial charge is 0.193 e. The quantitative estimate of drug-likeness (QED) is 0.643. The van der Waals surface area contributed by atoms with Gasteiger partial charge < -0.3 is 10.2 Å². The monoisotopic (exact) mass is 344 g/mol. The molecule has 5 heteroatoms. The van der Waals surface area contributed by atoms with Crippen LogP contribution in [-0.2, 0) is 19.4 Å². The maximum atomic E-state index is 4.48. The number of nitrogens with zero attached hydrogens (tertiary/aromatic N) is 3. The second-order valence-electron chi connectivity index (χ2n) is 5.99. The first-order valence-corrected chi connectivity index (χ1v) is 9.27. The highest BCUT2D eigenvalue weighted by molar-refractivity contribution is 7.11. The van der Waals surface area contributed by atoms with Gasteiger partial charge in [-0.3, -0.25) is 4.99 Å². The average molecular weight is 345 g/mol. The Morgan fingerprint density at radius 1 is 1.21 bits per heavy atom. The van der Waals surface area contributed by atoms with Crippen molar-refractivity contribution in [3.63, 3.8) is 0 Å². The molecule has 0 unspecified atom stereocenters. The van der Waals surface area contributed by atoms with Crippen LogP contribution in [0.4, 0.5) is 0 Å². The number of hydrogen-bond acceptors (Lipinski definition) is 3. The Morgan fingerprint density at radius 3 is 2.42 bits per heavy atom. The van der Waals surface area contributed by atoms with E-state index >= 15 is 0 Å². The topological polar surface area (TPSA) is 40.5 Å². The summed E-state index contributed by atoms with van der Waals surface area (Å²) in [5, 5.41) is 4.59. The molecule has 1 aromatic carbocycles. The fraction of sp³-hybridized carbons (Fsp3) is 0.474. The minimum absolute atomic E-state index is 0.850. The van der Waals surface area contributed by atoms with Crippen molar-refractivity contribution in [2.75, 3.05) is 20.6 Å². The average Bonchev–Trinajstić information content (AvgIpc) is 2.89. The number of guanidine groups is 1. The third-order valence-corrected chi connectivity index (χ3v) is 5.19. The Hall–Kier alpha value is -1.88. The van der Waals surface area contributed by atoms with Gasteiger partial charge in [0.05, 0.1) is 10.7 Å². The number of aliphatic imine (C=N–C) groups is 1. The zero-order valence-corrected chi connectivity index (χ0v) is 16.2. The highest BCUT2D eigenvalue weighted by Gasteiger charge is 2.08. The van der Waals surface area contributed by atoms with E-state index in [1.807, 2.05) is 7.05 Å². The first-order valence-electron chi connectivity index (χ1n) is 8.46. The molecule has 0 amide bonds. The van der Waals surface area contributed by atoms with Crippen LogP contribution < -0.4 is 5.32 Å². The summed E-state index contributed by atoms with van der Waals surface area (Å²) in [7, 11) is 3.91. The van der Waals surface area contributed by atoms with E-state index in [2.05, 4.69) is 72.3 Å². The summed E-state index contributed by atoms with van der Waals surface area (Å²) in [5.41, 5.74) is 3.82. The van der Waals surface area contributed by atoms with Crippen LogP contribution in [0.15, 0.2) is 29.3 Å². The molecule has 0 saturated carbocycles. The maximum absolute atomic E-state index is 4.48. The minimum Gasteiger partial charge on any atom is -0.356 e. The Bertz CT molecular complexity index is 673. The van der Waals surface area contributed by atoms with Gasteiger partial charge in [-0.2, -0.15) is 0 Å². The summed E-state index contributed by atoms with van der Waals surface area (Å²) in [4.78, 5) is 12.4. The lowest BCUT2D eigenvalue weighted by Crippen LogP contribution is -2.39. The largest absolute Gasteiger partial charge is 0.356 e. The number of nitrogens with one attached hydrogen (secondary N) is 1. The molecule has 0 aliphatic carbocycles. The molecule has 0 aliphatic rings. The molecule has 0 aliphatic heterocycles. The molecule has 0 spiro atoms. The SMILES string of the molecule is CCc1ccc(CN(C)C(=NC)NCCc2sc(C)nc2C)cc1. The Kier molecular flexibility index (Phi) is 6.79. The van der Waals surface area contributed by atoms with E-state index in [1.165, 1.54) is 16.0 Å². The van der Waals surface area contributed by atoms with Gasteiger partial charge in [-0.05, 0) is 31.4 Å². The van der Waals surface area contributed by atoms with Crippen molar-refractivity contribution in [1.29, 1.82) is 0 Å². The highest BCUT2D eigenvalue weighted by atomic mass is 32.1. The van der Waals surface area contributed by atoms with Gasteiger partial charge in [0.25, 0.3) is 0 Å². The molecule has 0 bridgehead atoms. The summed E-state index contributed by atoms with van der Waals surface area (Å²) in [6.45, 7) is 8.04. The van der Waals surface area contributed by atoms with Gasteiger partial charge in [0.2, 0.25) is 0 Å². The second-order valence-corrected chi connectivity index (χ2v) is 7.28. The minimum atomic E-state index is 0.850. The van der Waals surface area contributed by atoms with E-state index < -0.39 is 0 Å². The molecule has 24 heavy (non-hydrogen) atoms. The third kappa shape index (κ3) is 5.06.